The van der Waals surface area contributed by atoms with Gasteiger partial charge in [0.15, 0.2) is 0 Å². The Morgan fingerprint density at radius 2 is 1.64 bits per heavy atom. The van der Waals surface area contributed by atoms with Gasteiger partial charge in [-0.25, -0.2) is 0 Å². The fourth-order valence-corrected chi connectivity index (χ4v) is 13.2. The molecule has 0 aromatic carbocycles. The van der Waals surface area contributed by atoms with Gasteiger partial charge in [0.1, 0.15) is 0 Å². The molecule has 0 radical (unpaired) electrons. The molecule has 0 saturated heterocycles. The Morgan fingerprint density at radius 3 is 2.23 bits per heavy atom. The molecule has 0 aliphatic heterocycles. The number of hydrogen-bond donors (Lipinski definition) is 0. The molecule has 0 aromatic rings. The van der Waals surface area contributed by atoms with Crippen LogP contribution < -0.4 is 0 Å². The van der Waals surface area contributed by atoms with Crippen molar-refractivity contribution >= 4 is 14.7 Å². The zero-order valence-corrected chi connectivity index (χ0v) is 17.0. The molecular formula is C20H42BP. The predicted molar refractivity (Wildman–Crippen MR) is 109 cm³/mol. The summed E-state index contributed by atoms with van der Waals surface area (Å²) >= 11 is 0. The van der Waals surface area contributed by atoms with Gasteiger partial charge in [0.25, 0.3) is 0 Å². The molecule has 2 rings (SSSR count). The normalized spacial score (nSPS) is 30.1. The van der Waals surface area contributed by atoms with E-state index >= 15 is 0 Å². The van der Waals surface area contributed by atoms with Crippen LogP contribution in [0.15, 0.2) is 0 Å². The van der Waals surface area contributed by atoms with Crippen molar-refractivity contribution in [3.05, 3.63) is 0 Å². The minimum absolute atomic E-state index is 1.01. The SMILES string of the molecule is B[PH](C(CC)CCCC)(C1CCCCC1)C1CCC[C@H](C)C1. The van der Waals surface area contributed by atoms with E-state index in [0.717, 1.165) is 17.2 Å². The monoisotopic (exact) mass is 324 g/mol. The molecule has 2 aliphatic rings. The van der Waals surface area contributed by atoms with Gasteiger partial charge in [0.05, 0.1) is 0 Å². The second-order valence-corrected chi connectivity index (χ2v) is 14.1. The van der Waals surface area contributed by atoms with Crippen molar-refractivity contribution in [2.45, 2.75) is 121 Å². The Morgan fingerprint density at radius 1 is 0.955 bits per heavy atom. The Bertz CT molecular complexity index is 313. The van der Waals surface area contributed by atoms with E-state index < -0.39 is 7.14 Å². The molecule has 2 heteroatoms. The zero-order chi connectivity index (χ0) is 16.0. The molecule has 2 saturated carbocycles. The van der Waals surface area contributed by atoms with Gasteiger partial charge in [-0.1, -0.05) is 0 Å². The second-order valence-electron chi connectivity index (χ2n) is 8.92. The van der Waals surface area contributed by atoms with Crippen LogP contribution in [0.5, 0.6) is 0 Å². The maximum absolute atomic E-state index is 2.88. The third-order valence-corrected chi connectivity index (χ3v) is 14.7. The van der Waals surface area contributed by atoms with Crippen LogP contribution in [0.25, 0.3) is 0 Å². The fraction of sp³-hybridized carbons (Fsp3) is 1.00. The van der Waals surface area contributed by atoms with Gasteiger partial charge < -0.3 is 0 Å². The number of unbranched alkanes of at least 4 members (excludes halogenated alkanes) is 1. The summed E-state index contributed by atoms with van der Waals surface area (Å²) in [4.78, 5) is 0. The number of hydrogen-bond acceptors (Lipinski definition) is 0. The van der Waals surface area contributed by atoms with Crippen LogP contribution in [-0.2, 0) is 0 Å². The van der Waals surface area contributed by atoms with Crippen LogP contribution in [0.4, 0.5) is 0 Å². The van der Waals surface area contributed by atoms with Gasteiger partial charge in [-0.2, -0.15) is 0 Å². The summed E-state index contributed by atoms with van der Waals surface area (Å²) in [5.41, 5.74) is 3.44. The van der Waals surface area contributed by atoms with Crippen molar-refractivity contribution in [1.82, 2.24) is 0 Å². The van der Waals surface area contributed by atoms with Crippen molar-refractivity contribution in [1.29, 1.82) is 0 Å². The van der Waals surface area contributed by atoms with E-state index in [1.807, 2.05) is 0 Å². The van der Waals surface area contributed by atoms with Gasteiger partial charge in [0, 0.05) is 0 Å². The van der Waals surface area contributed by atoms with E-state index in [-0.39, 0.29) is 0 Å². The van der Waals surface area contributed by atoms with E-state index in [4.69, 9.17) is 0 Å². The molecule has 0 bridgehead atoms. The van der Waals surface area contributed by atoms with E-state index in [2.05, 4.69) is 28.3 Å². The van der Waals surface area contributed by atoms with Crippen molar-refractivity contribution in [3.63, 3.8) is 0 Å². The van der Waals surface area contributed by atoms with E-state index in [9.17, 15) is 0 Å². The summed E-state index contributed by atoms with van der Waals surface area (Å²) < 4.78 is 0. The maximum atomic E-state index is 2.88. The molecular weight excluding hydrogens is 282 g/mol. The van der Waals surface area contributed by atoms with Crippen molar-refractivity contribution in [3.8, 4) is 0 Å². The van der Waals surface area contributed by atoms with Gasteiger partial charge in [-0.05, 0) is 0 Å². The van der Waals surface area contributed by atoms with E-state index in [1.54, 1.807) is 44.9 Å². The molecule has 130 valence electrons. The number of rotatable bonds is 7. The molecule has 0 nitrogen and oxygen atoms in total. The van der Waals surface area contributed by atoms with Gasteiger partial charge in [-0.15, -0.1) is 0 Å². The molecule has 3 atom stereocenters. The molecule has 0 heterocycles. The average Bonchev–Trinajstić information content (AvgIpc) is 2.56. The van der Waals surface area contributed by atoms with Gasteiger partial charge >= 0.3 is 142 Å². The topological polar surface area (TPSA) is 0 Å². The Balaban J connectivity index is 2.20. The third-order valence-electron chi connectivity index (χ3n) is 7.58. The zero-order valence-electron chi connectivity index (χ0n) is 16.0. The molecule has 2 aliphatic carbocycles. The summed E-state index contributed by atoms with van der Waals surface area (Å²) in [7, 11) is 1.73. The quantitative estimate of drug-likeness (QED) is 0.388. The first-order valence-electron chi connectivity index (χ1n) is 10.6. The molecule has 0 spiro atoms. The van der Waals surface area contributed by atoms with E-state index in [0.29, 0.717) is 0 Å². The van der Waals surface area contributed by atoms with Crippen LogP contribution >= 0.6 is 7.14 Å². The summed E-state index contributed by atoms with van der Waals surface area (Å²) in [6.45, 7) is 7.43. The van der Waals surface area contributed by atoms with Crippen molar-refractivity contribution in [2.24, 2.45) is 5.92 Å². The Kier molecular flexibility index (Phi) is 7.79. The van der Waals surface area contributed by atoms with Crippen LogP contribution in [0, 0.1) is 5.92 Å². The first-order valence-corrected chi connectivity index (χ1v) is 13.4. The molecule has 0 aromatic heterocycles. The van der Waals surface area contributed by atoms with Gasteiger partial charge in [-0.3, -0.25) is 0 Å². The van der Waals surface area contributed by atoms with Crippen molar-refractivity contribution in [2.75, 3.05) is 0 Å². The fourth-order valence-electron chi connectivity index (χ4n) is 6.13. The van der Waals surface area contributed by atoms with Crippen LogP contribution in [-0.4, -0.2) is 24.5 Å². The second kappa shape index (κ2) is 9.10. The van der Waals surface area contributed by atoms with Crippen LogP contribution in [0.1, 0.15) is 104 Å². The molecule has 0 N–H and O–H groups in total. The van der Waals surface area contributed by atoms with Gasteiger partial charge in [0.2, 0.25) is 0 Å². The first-order chi connectivity index (χ1) is 10.6. The standard InChI is InChI=1S/C20H42BP/c1-4-6-12-18(5-2)22(21,19-13-8-7-9-14-19)20-15-10-11-17(3)16-20/h17-20,22H,4-16,21H2,1-3H3/t17-,18?,20?/m0/s1. The van der Waals surface area contributed by atoms with Crippen LogP contribution in [0.3, 0.4) is 0 Å². The average molecular weight is 324 g/mol. The summed E-state index contributed by atoms with van der Waals surface area (Å²) in [6, 6.07) is 0. The summed E-state index contributed by atoms with van der Waals surface area (Å²) in [5, 5.41) is 0. The third kappa shape index (κ3) is 4.31. The summed E-state index contributed by atoms with van der Waals surface area (Å²) in [5.74, 6) is 1.01. The van der Waals surface area contributed by atoms with E-state index in [1.165, 1.54) is 44.2 Å². The summed E-state index contributed by atoms with van der Waals surface area (Å²) in [6.07, 6.45) is 19.9. The van der Waals surface area contributed by atoms with Crippen molar-refractivity contribution < 1.29 is 0 Å². The molecule has 2 unspecified atom stereocenters. The minimum atomic E-state index is -1.16. The molecule has 0 amide bonds. The Labute approximate surface area is 142 Å². The molecule has 22 heavy (non-hydrogen) atoms. The van der Waals surface area contributed by atoms with Crippen LogP contribution in [0.2, 0.25) is 0 Å². The first kappa shape index (κ1) is 18.8. The Hall–Kier alpha value is 0.495. The predicted octanol–water partition coefficient (Wildman–Crippen LogP) is 6.16. The molecule has 2 fully saturated rings.